The molecule has 27 heavy (non-hydrogen) atoms. The molecule has 0 spiro atoms. The van der Waals surface area contributed by atoms with Gasteiger partial charge in [-0.05, 0) is 53.4 Å². The second kappa shape index (κ2) is 8.86. The summed E-state index contributed by atoms with van der Waals surface area (Å²) in [5.41, 5.74) is 7.06. The van der Waals surface area contributed by atoms with Crippen LogP contribution >= 0.6 is 11.3 Å². The van der Waals surface area contributed by atoms with E-state index in [1.54, 1.807) is 37.4 Å². The first kappa shape index (κ1) is 18.5. The van der Waals surface area contributed by atoms with E-state index >= 15 is 0 Å². The summed E-state index contributed by atoms with van der Waals surface area (Å²) >= 11 is 1.42. The quantitative estimate of drug-likeness (QED) is 0.291. The van der Waals surface area contributed by atoms with E-state index < -0.39 is 5.97 Å². The Bertz CT molecular complexity index is 904. The number of nitrogens with two attached hydrogens (primary N) is 1. The van der Waals surface area contributed by atoms with Crippen LogP contribution in [0.2, 0.25) is 0 Å². The van der Waals surface area contributed by atoms with Crippen molar-refractivity contribution in [3.05, 3.63) is 82.0 Å². The van der Waals surface area contributed by atoms with Gasteiger partial charge in [-0.2, -0.15) is 0 Å². The Morgan fingerprint density at radius 2 is 1.74 bits per heavy atom. The molecule has 0 aliphatic rings. The summed E-state index contributed by atoms with van der Waals surface area (Å²) in [6.07, 6.45) is 0. The van der Waals surface area contributed by atoms with Crippen molar-refractivity contribution in [3.63, 3.8) is 0 Å². The first-order valence-corrected chi connectivity index (χ1v) is 8.98. The lowest BCUT2D eigenvalue weighted by atomic mass is 10.1. The van der Waals surface area contributed by atoms with Gasteiger partial charge >= 0.3 is 5.97 Å². The first-order valence-electron chi connectivity index (χ1n) is 8.10. The standard InChI is InChI=1S/C20H18N2O4S/c1-24-16-8-10-17(11-9-16)25-13-14-4-6-15(7-5-14)20(23)26-22-19(21)18-3-2-12-27-18/h2-12H,13H2,1H3,(H2,21,22). The Hall–Kier alpha value is -3.32. The van der Waals surface area contributed by atoms with Gasteiger partial charge in [-0.1, -0.05) is 23.4 Å². The van der Waals surface area contributed by atoms with Crippen molar-refractivity contribution < 1.29 is 19.1 Å². The summed E-state index contributed by atoms with van der Waals surface area (Å²) in [5.74, 6) is 1.10. The van der Waals surface area contributed by atoms with Crippen molar-refractivity contribution >= 4 is 23.1 Å². The molecule has 0 fully saturated rings. The number of ether oxygens (including phenoxy) is 2. The van der Waals surface area contributed by atoms with Crippen molar-refractivity contribution in [2.45, 2.75) is 6.61 Å². The first-order chi connectivity index (χ1) is 13.2. The van der Waals surface area contributed by atoms with E-state index in [0.717, 1.165) is 21.9 Å². The van der Waals surface area contributed by atoms with Gasteiger partial charge < -0.3 is 20.0 Å². The van der Waals surface area contributed by atoms with Crippen molar-refractivity contribution in [3.8, 4) is 11.5 Å². The van der Waals surface area contributed by atoms with Gasteiger partial charge in [0.25, 0.3) is 0 Å². The summed E-state index contributed by atoms with van der Waals surface area (Å²) in [5, 5.41) is 5.54. The number of oxime groups is 1. The number of hydrogen-bond acceptors (Lipinski definition) is 6. The monoisotopic (exact) mass is 382 g/mol. The summed E-state index contributed by atoms with van der Waals surface area (Å²) in [6.45, 7) is 0.380. The summed E-state index contributed by atoms with van der Waals surface area (Å²) < 4.78 is 10.8. The summed E-state index contributed by atoms with van der Waals surface area (Å²) in [6, 6.07) is 17.9. The van der Waals surface area contributed by atoms with E-state index in [9.17, 15) is 4.79 Å². The molecular weight excluding hydrogens is 364 g/mol. The summed E-state index contributed by atoms with van der Waals surface area (Å²) in [7, 11) is 1.62. The van der Waals surface area contributed by atoms with Crippen LogP contribution in [0.3, 0.4) is 0 Å². The molecule has 0 saturated carbocycles. The van der Waals surface area contributed by atoms with Crippen LogP contribution in [0.5, 0.6) is 11.5 Å². The zero-order valence-electron chi connectivity index (χ0n) is 14.6. The second-order valence-electron chi connectivity index (χ2n) is 5.49. The van der Waals surface area contributed by atoms with Crippen LogP contribution in [0, 0.1) is 0 Å². The van der Waals surface area contributed by atoms with Gasteiger partial charge in [0.1, 0.15) is 18.1 Å². The molecule has 0 amide bonds. The maximum absolute atomic E-state index is 12.0. The van der Waals surface area contributed by atoms with Gasteiger partial charge in [0.05, 0.1) is 17.6 Å². The van der Waals surface area contributed by atoms with E-state index in [4.69, 9.17) is 20.0 Å². The number of nitrogens with zero attached hydrogens (tertiary/aromatic N) is 1. The van der Waals surface area contributed by atoms with E-state index in [0.29, 0.717) is 12.2 Å². The summed E-state index contributed by atoms with van der Waals surface area (Å²) in [4.78, 5) is 17.7. The Kier molecular flexibility index (Phi) is 6.06. The Morgan fingerprint density at radius 3 is 2.37 bits per heavy atom. The minimum atomic E-state index is -0.572. The molecule has 1 heterocycles. The third-order valence-electron chi connectivity index (χ3n) is 3.66. The van der Waals surface area contributed by atoms with Gasteiger partial charge in [-0.3, -0.25) is 0 Å². The third-order valence-corrected chi connectivity index (χ3v) is 4.55. The smallest absolute Gasteiger partial charge is 0.365 e. The average molecular weight is 382 g/mol. The van der Waals surface area contributed by atoms with E-state index in [-0.39, 0.29) is 5.84 Å². The van der Waals surface area contributed by atoms with Crippen molar-refractivity contribution in [2.75, 3.05) is 7.11 Å². The van der Waals surface area contributed by atoms with Gasteiger partial charge in [0, 0.05) is 0 Å². The minimum absolute atomic E-state index is 0.169. The molecule has 0 radical (unpaired) electrons. The fourth-order valence-corrected chi connectivity index (χ4v) is 2.81. The molecule has 0 aliphatic carbocycles. The fourth-order valence-electron chi connectivity index (χ4n) is 2.19. The van der Waals surface area contributed by atoms with Crippen LogP contribution in [0.4, 0.5) is 0 Å². The Balaban J connectivity index is 1.54. The van der Waals surface area contributed by atoms with Crippen molar-refractivity contribution in [2.24, 2.45) is 10.9 Å². The number of rotatable bonds is 7. The van der Waals surface area contributed by atoms with Crippen LogP contribution in [-0.2, 0) is 11.4 Å². The molecule has 0 bridgehead atoms. The number of carbonyl (C=O) groups is 1. The van der Waals surface area contributed by atoms with Crippen LogP contribution in [-0.4, -0.2) is 18.9 Å². The van der Waals surface area contributed by atoms with Crippen LogP contribution in [0.25, 0.3) is 0 Å². The van der Waals surface area contributed by atoms with Crippen molar-refractivity contribution in [1.82, 2.24) is 0 Å². The molecule has 0 atom stereocenters. The Labute approximate surface area is 160 Å². The fraction of sp³-hybridized carbons (Fsp3) is 0.100. The lowest BCUT2D eigenvalue weighted by Gasteiger charge is -2.07. The molecule has 3 aromatic rings. The minimum Gasteiger partial charge on any atom is -0.497 e. The SMILES string of the molecule is COc1ccc(OCc2ccc(C(=O)O/N=C(\N)c3cccs3)cc2)cc1. The highest BCUT2D eigenvalue weighted by molar-refractivity contribution is 7.12. The van der Waals surface area contributed by atoms with Crippen molar-refractivity contribution in [1.29, 1.82) is 0 Å². The van der Waals surface area contributed by atoms with E-state index in [1.165, 1.54) is 11.3 Å². The van der Waals surface area contributed by atoms with Gasteiger partial charge in [0.2, 0.25) is 0 Å². The van der Waals surface area contributed by atoms with Crippen LogP contribution in [0.1, 0.15) is 20.8 Å². The highest BCUT2D eigenvalue weighted by Gasteiger charge is 2.09. The number of amidine groups is 1. The lowest BCUT2D eigenvalue weighted by Crippen LogP contribution is -2.13. The molecule has 7 heteroatoms. The second-order valence-corrected chi connectivity index (χ2v) is 6.44. The van der Waals surface area contributed by atoms with Gasteiger partial charge in [0.15, 0.2) is 5.84 Å². The normalized spacial score (nSPS) is 11.1. The predicted molar refractivity (Wildman–Crippen MR) is 104 cm³/mol. The zero-order valence-corrected chi connectivity index (χ0v) is 15.4. The number of benzene rings is 2. The molecule has 1 aromatic heterocycles. The highest BCUT2D eigenvalue weighted by atomic mass is 32.1. The molecule has 0 aliphatic heterocycles. The van der Waals surface area contributed by atoms with E-state index in [1.807, 2.05) is 35.7 Å². The number of thiophene rings is 1. The molecule has 2 N–H and O–H groups in total. The third kappa shape index (κ3) is 5.08. The molecule has 2 aromatic carbocycles. The van der Waals surface area contributed by atoms with Gasteiger partial charge in [-0.15, -0.1) is 11.3 Å². The zero-order chi connectivity index (χ0) is 19.1. The largest absolute Gasteiger partial charge is 0.497 e. The Morgan fingerprint density at radius 1 is 1.04 bits per heavy atom. The maximum atomic E-state index is 12.0. The molecular formula is C20H18N2O4S. The molecule has 138 valence electrons. The number of carbonyl (C=O) groups excluding carboxylic acids is 1. The molecule has 6 nitrogen and oxygen atoms in total. The lowest BCUT2D eigenvalue weighted by molar-refractivity contribution is 0.0516. The molecule has 0 unspecified atom stereocenters. The average Bonchev–Trinajstić information content (AvgIpc) is 3.26. The topological polar surface area (TPSA) is 83.1 Å². The van der Waals surface area contributed by atoms with Crippen LogP contribution in [0.15, 0.2) is 71.2 Å². The molecule has 3 rings (SSSR count). The van der Waals surface area contributed by atoms with E-state index in [2.05, 4.69) is 5.16 Å². The molecule has 0 saturated heterocycles. The highest BCUT2D eigenvalue weighted by Crippen LogP contribution is 2.18. The number of hydrogen-bond donors (Lipinski definition) is 1. The van der Waals surface area contributed by atoms with Gasteiger partial charge in [-0.25, -0.2) is 4.79 Å². The maximum Gasteiger partial charge on any atom is 0.365 e. The van der Waals surface area contributed by atoms with Crippen LogP contribution < -0.4 is 15.2 Å². The predicted octanol–water partition coefficient (Wildman–Crippen LogP) is 3.81. The number of methoxy groups -OCH3 is 1.